The highest BCUT2D eigenvalue weighted by Crippen LogP contribution is 2.29. The van der Waals surface area contributed by atoms with Gasteiger partial charge in [-0.1, -0.05) is 25.8 Å². The number of amides is 1. The van der Waals surface area contributed by atoms with Crippen LogP contribution < -0.4 is 5.32 Å². The monoisotopic (exact) mass is 269 g/mol. The Morgan fingerprint density at radius 1 is 1.47 bits per heavy atom. The molecule has 1 saturated carbocycles. The van der Waals surface area contributed by atoms with E-state index in [1.807, 2.05) is 6.92 Å². The second-order valence-corrected chi connectivity index (χ2v) is 5.09. The highest BCUT2D eigenvalue weighted by atomic mass is 16.5. The van der Waals surface area contributed by atoms with Crippen molar-refractivity contribution < 1.29 is 19.4 Å². The van der Waals surface area contributed by atoms with Crippen molar-refractivity contribution in [2.75, 3.05) is 13.2 Å². The van der Waals surface area contributed by atoms with Crippen LogP contribution >= 0.6 is 0 Å². The van der Waals surface area contributed by atoms with Crippen molar-refractivity contribution in [3.05, 3.63) is 12.7 Å². The zero-order valence-corrected chi connectivity index (χ0v) is 11.4. The molecule has 5 nitrogen and oxygen atoms in total. The Balaban J connectivity index is 2.50. The summed E-state index contributed by atoms with van der Waals surface area (Å²) in [5, 5.41) is 11.6. The van der Waals surface area contributed by atoms with E-state index in [0.717, 1.165) is 25.7 Å². The van der Waals surface area contributed by atoms with Crippen LogP contribution in [-0.2, 0) is 14.3 Å². The number of rotatable bonds is 7. The average molecular weight is 269 g/mol. The SMILES string of the molecule is C=CCOCC(NC(=O)C1CCCCC1C)C(=O)O. The summed E-state index contributed by atoms with van der Waals surface area (Å²) in [4.78, 5) is 23.2. The van der Waals surface area contributed by atoms with Crippen LogP contribution in [0.5, 0.6) is 0 Å². The van der Waals surface area contributed by atoms with Gasteiger partial charge in [-0.25, -0.2) is 4.79 Å². The summed E-state index contributed by atoms with van der Waals surface area (Å²) in [5.41, 5.74) is 0. The molecule has 5 heteroatoms. The quantitative estimate of drug-likeness (QED) is 0.543. The minimum atomic E-state index is -1.07. The molecule has 1 rings (SSSR count). The summed E-state index contributed by atoms with van der Waals surface area (Å²) in [6.07, 6.45) is 5.60. The smallest absolute Gasteiger partial charge is 0.328 e. The van der Waals surface area contributed by atoms with Gasteiger partial charge in [0.05, 0.1) is 13.2 Å². The summed E-state index contributed by atoms with van der Waals surface area (Å²) >= 11 is 0. The molecule has 0 radical (unpaired) electrons. The number of nitrogens with one attached hydrogen (secondary N) is 1. The van der Waals surface area contributed by atoms with Crippen LogP contribution in [0.25, 0.3) is 0 Å². The lowest BCUT2D eigenvalue weighted by Gasteiger charge is -2.28. The molecule has 2 N–H and O–H groups in total. The van der Waals surface area contributed by atoms with Gasteiger partial charge in [0.1, 0.15) is 0 Å². The Bertz CT molecular complexity index is 329. The molecule has 0 aliphatic heterocycles. The molecular weight excluding hydrogens is 246 g/mol. The normalized spacial score (nSPS) is 24.5. The number of carboxylic acid groups (broad SMARTS) is 1. The first-order valence-electron chi connectivity index (χ1n) is 6.78. The number of aliphatic carboxylic acids is 1. The molecule has 3 atom stereocenters. The summed E-state index contributed by atoms with van der Waals surface area (Å²) in [7, 11) is 0. The molecule has 1 fully saturated rings. The minimum absolute atomic E-state index is 0.0335. The fourth-order valence-electron chi connectivity index (χ4n) is 2.43. The molecule has 0 saturated heterocycles. The first-order valence-corrected chi connectivity index (χ1v) is 6.78. The first kappa shape index (κ1) is 15.7. The zero-order chi connectivity index (χ0) is 14.3. The molecule has 0 spiro atoms. The molecule has 0 aromatic heterocycles. The summed E-state index contributed by atoms with van der Waals surface area (Å²) in [5.74, 6) is -0.991. The van der Waals surface area contributed by atoms with Crippen LogP contribution in [0.3, 0.4) is 0 Å². The van der Waals surface area contributed by atoms with Gasteiger partial charge in [-0.05, 0) is 18.8 Å². The molecule has 1 aliphatic rings. The van der Waals surface area contributed by atoms with Crippen LogP contribution in [0, 0.1) is 11.8 Å². The van der Waals surface area contributed by atoms with Crippen molar-refractivity contribution in [2.45, 2.75) is 38.6 Å². The molecule has 0 heterocycles. The Morgan fingerprint density at radius 2 is 2.16 bits per heavy atom. The zero-order valence-electron chi connectivity index (χ0n) is 11.4. The summed E-state index contributed by atoms with van der Waals surface area (Å²) in [6.45, 7) is 5.78. The van der Waals surface area contributed by atoms with E-state index in [1.54, 1.807) is 6.08 Å². The molecule has 3 unspecified atom stereocenters. The topological polar surface area (TPSA) is 75.6 Å². The van der Waals surface area contributed by atoms with Gasteiger partial charge in [-0.3, -0.25) is 4.79 Å². The van der Waals surface area contributed by atoms with Gasteiger partial charge in [0.2, 0.25) is 5.91 Å². The molecule has 0 aromatic rings. The molecule has 0 bridgehead atoms. The molecule has 108 valence electrons. The van der Waals surface area contributed by atoms with E-state index in [9.17, 15) is 9.59 Å². The Labute approximate surface area is 114 Å². The third-order valence-corrected chi connectivity index (χ3v) is 3.58. The maximum atomic E-state index is 12.1. The highest BCUT2D eigenvalue weighted by Gasteiger charge is 2.30. The van der Waals surface area contributed by atoms with Crippen LogP contribution in [0.15, 0.2) is 12.7 Å². The Hall–Kier alpha value is -1.36. The number of carbonyl (C=O) groups excluding carboxylic acids is 1. The standard InChI is InChI=1S/C14H23NO4/c1-3-8-19-9-12(14(17)18)15-13(16)11-7-5-4-6-10(11)2/h3,10-12H,1,4-9H2,2H3,(H,15,16)(H,17,18). The molecule has 1 aliphatic carbocycles. The number of carbonyl (C=O) groups is 2. The number of ether oxygens (including phenoxy) is 1. The van der Waals surface area contributed by atoms with Gasteiger partial charge >= 0.3 is 5.97 Å². The van der Waals surface area contributed by atoms with E-state index in [2.05, 4.69) is 11.9 Å². The second kappa shape index (κ2) is 7.94. The predicted octanol–water partition coefficient (Wildman–Crippen LogP) is 1.58. The van der Waals surface area contributed by atoms with Crippen molar-refractivity contribution in [3.63, 3.8) is 0 Å². The molecule has 19 heavy (non-hydrogen) atoms. The van der Waals surface area contributed by atoms with Crippen molar-refractivity contribution in [3.8, 4) is 0 Å². The van der Waals surface area contributed by atoms with Gasteiger partial charge in [0.25, 0.3) is 0 Å². The number of hydrogen-bond acceptors (Lipinski definition) is 3. The fourth-order valence-corrected chi connectivity index (χ4v) is 2.43. The van der Waals surface area contributed by atoms with Crippen molar-refractivity contribution in [1.29, 1.82) is 0 Å². The Kier molecular flexibility index (Phi) is 6.56. The largest absolute Gasteiger partial charge is 0.480 e. The van der Waals surface area contributed by atoms with Gasteiger partial charge in [-0.15, -0.1) is 6.58 Å². The van der Waals surface area contributed by atoms with Crippen LogP contribution in [0.4, 0.5) is 0 Å². The van der Waals surface area contributed by atoms with Crippen LogP contribution in [0.1, 0.15) is 32.6 Å². The molecule has 1 amide bonds. The van der Waals surface area contributed by atoms with Crippen LogP contribution in [-0.4, -0.2) is 36.2 Å². The predicted molar refractivity (Wildman–Crippen MR) is 71.7 cm³/mol. The van der Waals surface area contributed by atoms with E-state index >= 15 is 0 Å². The fraction of sp³-hybridized carbons (Fsp3) is 0.714. The first-order chi connectivity index (χ1) is 9.06. The molecular formula is C14H23NO4. The van der Waals surface area contributed by atoms with Gasteiger partial charge in [0, 0.05) is 5.92 Å². The van der Waals surface area contributed by atoms with Gasteiger partial charge < -0.3 is 15.2 Å². The van der Waals surface area contributed by atoms with Crippen molar-refractivity contribution >= 4 is 11.9 Å². The third-order valence-electron chi connectivity index (χ3n) is 3.58. The maximum absolute atomic E-state index is 12.1. The van der Waals surface area contributed by atoms with E-state index in [0.29, 0.717) is 5.92 Å². The van der Waals surface area contributed by atoms with Gasteiger partial charge in [0.15, 0.2) is 6.04 Å². The van der Waals surface area contributed by atoms with Gasteiger partial charge in [-0.2, -0.15) is 0 Å². The van der Waals surface area contributed by atoms with Crippen LogP contribution in [0.2, 0.25) is 0 Å². The summed E-state index contributed by atoms with van der Waals surface area (Å²) < 4.78 is 5.11. The lowest BCUT2D eigenvalue weighted by Crippen LogP contribution is -2.47. The van der Waals surface area contributed by atoms with Crippen molar-refractivity contribution in [2.24, 2.45) is 11.8 Å². The van der Waals surface area contributed by atoms with E-state index in [-0.39, 0.29) is 25.0 Å². The second-order valence-electron chi connectivity index (χ2n) is 5.09. The highest BCUT2D eigenvalue weighted by molar-refractivity contribution is 5.85. The minimum Gasteiger partial charge on any atom is -0.480 e. The van der Waals surface area contributed by atoms with E-state index in [4.69, 9.17) is 9.84 Å². The lowest BCUT2D eigenvalue weighted by atomic mass is 9.80. The van der Waals surface area contributed by atoms with E-state index in [1.165, 1.54) is 0 Å². The molecule has 0 aromatic carbocycles. The average Bonchev–Trinajstić information content (AvgIpc) is 2.38. The summed E-state index contributed by atoms with van der Waals surface area (Å²) in [6, 6.07) is -0.985. The number of carboxylic acids is 1. The number of hydrogen-bond donors (Lipinski definition) is 2. The third kappa shape index (κ3) is 5.03. The maximum Gasteiger partial charge on any atom is 0.328 e. The lowest BCUT2D eigenvalue weighted by molar-refractivity contribution is -0.144. The van der Waals surface area contributed by atoms with E-state index < -0.39 is 12.0 Å². The van der Waals surface area contributed by atoms with Crippen molar-refractivity contribution in [1.82, 2.24) is 5.32 Å². The Morgan fingerprint density at radius 3 is 2.74 bits per heavy atom.